The average molecular weight is 129 g/mol. The molecule has 0 saturated carbocycles. The second kappa shape index (κ2) is 4.80. The minimum atomic E-state index is 0.755. The molecule has 1 atom stereocenters. The van der Waals surface area contributed by atoms with Crippen molar-refractivity contribution in [1.29, 1.82) is 0 Å². The first-order chi connectivity index (χ1) is 4.20. The Hall–Kier alpha value is -0.0400. The summed E-state index contributed by atoms with van der Waals surface area (Å²) >= 11 is 0. The smallest absolute Gasteiger partial charge is 0.00489 e. The van der Waals surface area contributed by atoms with Gasteiger partial charge in [0.05, 0.1) is 0 Å². The Balaban J connectivity index is 3.31. The molecule has 1 heteroatoms. The third-order valence-electron chi connectivity index (χ3n) is 1.72. The van der Waals surface area contributed by atoms with E-state index in [4.69, 9.17) is 5.73 Å². The predicted octanol–water partition coefficient (Wildman–Crippen LogP) is 2.02. The molecule has 0 aromatic heterocycles. The molecule has 1 nitrogen and oxygen atoms in total. The summed E-state index contributed by atoms with van der Waals surface area (Å²) in [6.07, 6.45) is 2.52. The quantitative estimate of drug-likeness (QED) is 0.617. The van der Waals surface area contributed by atoms with Gasteiger partial charge in [-0.05, 0) is 24.8 Å². The van der Waals surface area contributed by atoms with Crippen molar-refractivity contribution in [3.8, 4) is 0 Å². The summed E-state index contributed by atoms with van der Waals surface area (Å²) in [5, 5.41) is 0. The SMILES string of the molecule is CC[C@@H](CN)CC(C)C. The summed E-state index contributed by atoms with van der Waals surface area (Å²) in [6, 6.07) is 0. The Kier molecular flexibility index (Phi) is 4.78. The van der Waals surface area contributed by atoms with Gasteiger partial charge in [0.15, 0.2) is 0 Å². The van der Waals surface area contributed by atoms with Crippen LogP contribution in [0.25, 0.3) is 0 Å². The predicted molar refractivity (Wildman–Crippen MR) is 42.3 cm³/mol. The Morgan fingerprint density at radius 3 is 2.00 bits per heavy atom. The highest BCUT2D eigenvalue weighted by molar-refractivity contribution is 4.59. The van der Waals surface area contributed by atoms with E-state index in [2.05, 4.69) is 20.8 Å². The van der Waals surface area contributed by atoms with Crippen LogP contribution in [0.1, 0.15) is 33.6 Å². The molecule has 0 aliphatic rings. The molecule has 56 valence electrons. The fraction of sp³-hybridized carbons (Fsp3) is 1.00. The van der Waals surface area contributed by atoms with Crippen LogP contribution in [-0.4, -0.2) is 6.54 Å². The number of hydrogen-bond acceptors (Lipinski definition) is 1. The van der Waals surface area contributed by atoms with Gasteiger partial charge in [-0.2, -0.15) is 0 Å². The molecule has 0 unspecified atom stereocenters. The molecule has 0 aromatic carbocycles. The van der Waals surface area contributed by atoms with Crippen molar-refractivity contribution in [2.75, 3.05) is 6.54 Å². The van der Waals surface area contributed by atoms with Crippen molar-refractivity contribution >= 4 is 0 Å². The largest absolute Gasteiger partial charge is 0.330 e. The van der Waals surface area contributed by atoms with Gasteiger partial charge in [-0.3, -0.25) is 0 Å². The molecule has 0 fully saturated rings. The fourth-order valence-corrected chi connectivity index (χ4v) is 1.10. The van der Waals surface area contributed by atoms with Crippen molar-refractivity contribution in [3.63, 3.8) is 0 Å². The maximum Gasteiger partial charge on any atom is -0.00489 e. The van der Waals surface area contributed by atoms with Crippen LogP contribution >= 0.6 is 0 Å². The normalized spacial score (nSPS) is 14.3. The average Bonchev–Trinajstić information content (AvgIpc) is 1.82. The van der Waals surface area contributed by atoms with Crippen molar-refractivity contribution in [1.82, 2.24) is 0 Å². The van der Waals surface area contributed by atoms with Crippen molar-refractivity contribution in [2.45, 2.75) is 33.6 Å². The van der Waals surface area contributed by atoms with Crippen LogP contribution < -0.4 is 5.73 Å². The lowest BCUT2D eigenvalue weighted by atomic mass is 9.95. The zero-order valence-electron chi connectivity index (χ0n) is 6.85. The molecule has 0 amide bonds. The molecule has 0 radical (unpaired) electrons. The van der Waals surface area contributed by atoms with Crippen LogP contribution in [0, 0.1) is 11.8 Å². The molecule has 0 bridgehead atoms. The van der Waals surface area contributed by atoms with Crippen molar-refractivity contribution in [2.24, 2.45) is 17.6 Å². The molecule has 0 aliphatic heterocycles. The first-order valence-corrected chi connectivity index (χ1v) is 3.90. The molecule has 0 aliphatic carbocycles. The third-order valence-corrected chi connectivity index (χ3v) is 1.72. The van der Waals surface area contributed by atoms with E-state index in [0.29, 0.717) is 0 Å². The van der Waals surface area contributed by atoms with E-state index >= 15 is 0 Å². The van der Waals surface area contributed by atoms with E-state index in [1.54, 1.807) is 0 Å². The lowest BCUT2D eigenvalue weighted by molar-refractivity contribution is 0.407. The molecule has 0 aromatic rings. The van der Waals surface area contributed by atoms with Crippen LogP contribution in [0.4, 0.5) is 0 Å². The lowest BCUT2D eigenvalue weighted by Gasteiger charge is -2.13. The van der Waals surface area contributed by atoms with E-state index < -0.39 is 0 Å². The highest BCUT2D eigenvalue weighted by Gasteiger charge is 2.04. The first-order valence-electron chi connectivity index (χ1n) is 3.90. The van der Waals surface area contributed by atoms with E-state index in [1.807, 2.05) is 0 Å². The third kappa shape index (κ3) is 4.46. The van der Waals surface area contributed by atoms with Crippen LogP contribution in [0.5, 0.6) is 0 Å². The molecular weight excluding hydrogens is 110 g/mol. The maximum atomic E-state index is 5.53. The van der Waals surface area contributed by atoms with Crippen LogP contribution in [0.3, 0.4) is 0 Å². The Bertz CT molecular complexity index is 55.6. The highest BCUT2D eigenvalue weighted by Crippen LogP contribution is 2.12. The first kappa shape index (κ1) is 8.96. The summed E-state index contributed by atoms with van der Waals surface area (Å²) in [5.74, 6) is 1.56. The van der Waals surface area contributed by atoms with Crippen molar-refractivity contribution in [3.05, 3.63) is 0 Å². The molecule has 0 rings (SSSR count). The van der Waals surface area contributed by atoms with Gasteiger partial charge in [-0.15, -0.1) is 0 Å². The number of hydrogen-bond donors (Lipinski definition) is 1. The fourth-order valence-electron chi connectivity index (χ4n) is 1.10. The van der Waals surface area contributed by atoms with Crippen LogP contribution in [-0.2, 0) is 0 Å². The van der Waals surface area contributed by atoms with Gasteiger partial charge in [-0.1, -0.05) is 27.2 Å². The second-order valence-corrected chi connectivity index (χ2v) is 3.14. The van der Waals surface area contributed by atoms with Gasteiger partial charge in [0.2, 0.25) is 0 Å². The molecule has 0 saturated heterocycles. The standard InChI is InChI=1S/C8H19N/c1-4-8(6-9)5-7(2)3/h7-8H,4-6,9H2,1-3H3/t8-/m1/s1. The zero-order valence-corrected chi connectivity index (χ0v) is 6.85. The van der Waals surface area contributed by atoms with Gasteiger partial charge in [0, 0.05) is 0 Å². The minimum Gasteiger partial charge on any atom is -0.330 e. The van der Waals surface area contributed by atoms with Gasteiger partial charge in [0.25, 0.3) is 0 Å². The second-order valence-electron chi connectivity index (χ2n) is 3.14. The van der Waals surface area contributed by atoms with E-state index in [1.165, 1.54) is 12.8 Å². The summed E-state index contributed by atoms with van der Waals surface area (Å²) < 4.78 is 0. The highest BCUT2D eigenvalue weighted by atomic mass is 14.5. The summed E-state index contributed by atoms with van der Waals surface area (Å²) in [4.78, 5) is 0. The molecular formula is C8H19N. The maximum absolute atomic E-state index is 5.53. The van der Waals surface area contributed by atoms with Gasteiger partial charge in [0.1, 0.15) is 0 Å². The summed E-state index contributed by atoms with van der Waals surface area (Å²) in [7, 11) is 0. The Labute approximate surface area is 58.6 Å². The Morgan fingerprint density at radius 1 is 1.33 bits per heavy atom. The molecule has 2 N–H and O–H groups in total. The zero-order chi connectivity index (χ0) is 7.28. The summed E-state index contributed by atoms with van der Waals surface area (Å²) in [5.41, 5.74) is 5.53. The number of rotatable bonds is 4. The van der Waals surface area contributed by atoms with Gasteiger partial charge < -0.3 is 5.73 Å². The van der Waals surface area contributed by atoms with Gasteiger partial charge >= 0.3 is 0 Å². The lowest BCUT2D eigenvalue weighted by Crippen LogP contribution is -2.15. The summed E-state index contributed by atoms with van der Waals surface area (Å²) in [6.45, 7) is 7.56. The molecule has 0 spiro atoms. The van der Waals surface area contributed by atoms with Gasteiger partial charge in [-0.25, -0.2) is 0 Å². The molecule has 0 heterocycles. The van der Waals surface area contributed by atoms with Crippen LogP contribution in [0.2, 0.25) is 0 Å². The topological polar surface area (TPSA) is 26.0 Å². The number of nitrogens with two attached hydrogens (primary N) is 1. The van der Waals surface area contributed by atoms with Crippen LogP contribution in [0.15, 0.2) is 0 Å². The Morgan fingerprint density at radius 2 is 1.89 bits per heavy atom. The van der Waals surface area contributed by atoms with E-state index in [-0.39, 0.29) is 0 Å². The van der Waals surface area contributed by atoms with E-state index in [0.717, 1.165) is 18.4 Å². The monoisotopic (exact) mass is 129 g/mol. The minimum absolute atomic E-state index is 0.755. The molecule has 9 heavy (non-hydrogen) atoms. The van der Waals surface area contributed by atoms with Crippen molar-refractivity contribution < 1.29 is 0 Å². The van der Waals surface area contributed by atoms with E-state index in [9.17, 15) is 0 Å².